The molecule has 0 aromatic heterocycles. The third-order valence-electron chi connectivity index (χ3n) is 3.72. The minimum absolute atomic E-state index is 0.120. The summed E-state index contributed by atoms with van der Waals surface area (Å²) >= 11 is 3.43. The van der Waals surface area contributed by atoms with Crippen molar-refractivity contribution in [1.82, 2.24) is 0 Å². The van der Waals surface area contributed by atoms with Gasteiger partial charge in [-0.1, -0.05) is 30.3 Å². The normalized spacial score (nSPS) is 17.4. The van der Waals surface area contributed by atoms with E-state index in [1.807, 2.05) is 54.3 Å². The zero-order chi connectivity index (χ0) is 14.3. The van der Waals surface area contributed by atoms with Gasteiger partial charge < -0.3 is 10.6 Å². The Morgan fingerprint density at radius 1 is 1.25 bits per heavy atom. The van der Waals surface area contributed by atoms with Crippen LogP contribution in [0.15, 0.2) is 46.9 Å². The fraction of sp³-hybridized carbons (Fsp3) is 0.188. The van der Waals surface area contributed by atoms with E-state index in [2.05, 4.69) is 15.9 Å². The largest absolute Gasteiger partial charge is 0.398 e. The molecule has 2 aromatic carbocycles. The number of nitrogens with zero attached hydrogens (tertiary/aromatic N) is 1. The Morgan fingerprint density at radius 3 is 2.65 bits per heavy atom. The number of hydrogen-bond acceptors (Lipinski definition) is 2. The SMILES string of the molecule is CC1C(=O)N(Cc2ccccc2)c2cc(N)c(Br)cc21. The Hall–Kier alpha value is -1.81. The third-order valence-corrected chi connectivity index (χ3v) is 4.41. The number of fused-ring (bicyclic) bond motifs is 1. The van der Waals surface area contributed by atoms with Gasteiger partial charge in [0.05, 0.1) is 18.2 Å². The molecule has 1 heterocycles. The first-order valence-corrected chi connectivity index (χ1v) is 7.31. The predicted molar refractivity (Wildman–Crippen MR) is 84.6 cm³/mol. The molecule has 20 heavy (non-hydrogen) atoms. The Kier molecular flexibility index (Phi) is 3.26. The highest BCUT2D eigenvalue weighted by Gasteiger charge is 2.34. The molecule has 2 N–H and O–H groups in total. The number of hydrogen-bond donors (Lipinski definition) is 1. The topological polar surface area (TPSA) is 46.3 Å². The number of rotatable bonds is 2. The number of nitrogen functional groups attached to an aromatic ring is 1. The molecule has 102 valence electrons. The standard InChI is InChI=1S/C16H15BrN2O/c1-10-12-7-13(17)14(18)8-15(12)19(16(10)20)9-11-5-3-2-4-6-11/h2-8,10H,9,18H2,1H3. The lowest BCUT2D eigenvalue weighted by Crippen LogP contribution is -2.27. The minimum atomic E-state index is -0.120. The van der Waals surface area contributed by atoms with Gasteiger partial charge in [-0.05, 0) is 46.1 Å². The van der Waals surface area contributed by atoms with E-state index in [1.165, 1.54) is 0 Å². The van der Waals surface area contributed by atoms with Crippen LogP contribution < -0.4 is 10.6 Å². The van der Waals surface area contributed by atoms with Gasteiger partial charge in [0.1, 0.15) is 0 Å². The third kappa shape index (κ3) is 2.10. The Labute approximate surface area is 126 Å². The van der Waals surface area contributed by atoms with Crippen LogP contribution in [0.25, 0.3) is 0 Å². The van der Waals surface area contributed by atoms with Crippen LogP contribution in [0.1, 0.15) is 24.0 Å². The number of nitrogens with two attached hydrogens (primary N) is 1. The zero-order valence-electron chi connectivity index (χ0n) is 11.1. The van der Waals surface area contributed by atoms with Crippen molar-refractivity contribution < 1.29 is 4.79 Å². The van der Waals surface area contributed by atoms with Gasteiger partial charge in [0, 0.05) is 10.2 Å². The average Bonchev–Trinajstić information content (AvgIpc) is 2.66. The quantitative estimate of drug-likeness (QED) is 0.854. The van der Waals surface area contributed by atoms with E-state index in [0.29, 0.717) is 12.2 Å². The number of carbonyl (C=O) groups is 1. The van der Waals surface area contributed by atoms with Gasteiger partial charge in [-0.3, -0.25) is 4.79 Å². The van der Waals surface area contributed by atoms with E-state index in [0.717, 1.165) is 21.3 Å². The van der Waals surface area contributed by atoms with Gasteiger partial charge >= 0.3 is 0 Å². The maximum absolute atomic E-state index is 12.5. The van der Waals surface area contributed by atoms with Gasteiger partial charge in [-0.25, -0.2) is 0 Å². The monoisotopic (exact) mass is 330 g/mol. The average molecular weight is 331 g/mol. The van der Waals surface area contributed by atoms with Crippen LogP contribution in [0, 0.1) is 0 Å². The van der Waals surface area contributed by atoms with Crippen molar-refractivity contribution in [1.29, 1.82) is 0 Å². The smallest absolute Gasteiger partial charge is 0.234 e. The fourth-order valence-corrected chi connectivity index (χ4v) is 2.95. The number of amides is 1. The molecule has 3 rings (SSSR count). The number of anilines is 2. The molecule has 0 radical (unpaired) electrons. The number of carbonyl (C=O) groups excluding carboxylic acids is 1. The zero-order valence-corrected chi connectivity index (χ0v) is 12.7. The molecule has 0 saturated carbocycles. The first-order chi connectivity index (χ1) is 9.58. The Morgan fingerprint density at radius 2 is 1.95 bits per heavy atom. The van der Waals surface area contributed by atoms with E-state index < -0.39 is 0 Å². The molecule has 1 atom stereocenters. The van der Waals surface area contributed by atoms with Crippen LogP contribution in [-0.4, -0.2) is 5.91 Å². The van der Waals surface area contributed by atoms with Crippen molar-refractivity contribution in [2.45, 2.75) is 19.4 Å². The van der Waals surface area contributed by atoms with Gasteiger partial charge in [0.15, 0.2) is 0 Å². The molecule has 0 fully saturated rings. The second-order valence-corrected chi connectivity index (χ2v) is 5.92. The summed E-state index contributed by atoms with van der Waals surface area (Å²) < 4.78 is 0.845. The molecule has 0 spiro atoms. The van der Waals surface area contributed by atoms with Crippen molar-refractivity contribution in [3.8, 4) is 0 Å². The van der Waals surface area contributed by atoms with Crippen molar-refractivity contribution in [2.24, 2.45) is 0 Å². The van der Waals surface area contributed by atoms with E-state index in [-0.39, 0.29) is 11.8 Å². The summed E-state index contributed by atoms with van der Waals surface area (Å²) in [5.41, 5.74) is 9.68. The summed E-state index contributed by atoms with van der Waals surface area (Å²) in [5.74, 6) is 0.00645. The molecule has 3 nitrogen and oxygen atoms in total. The first-order valence-electron chi connectivity index (χ1n) is 6.52. The predicted octanol–water partition coefficient (Wildman–Crippen LogP) is 3.68. The summed E-state index contributed by atoms with van der Waals surface area (Å²) in [7, 11) is 0. The van der Waals surface area contributed by atoms with Gasteiger partial charge in [-0.2, -0.15) is 0 Å². The van der Waals surface area contributed by atoms with Crippen LogP contribution in [0.2, 0.25) is 0 Å². The van der Waals surface area contributed by atoms with E-state index >= 15 is 0 Å². The molecule has 1 aliphatic heterocycles. The van der Waals surface area contributed by atoms with Gasteiger partial charge in [0.2, 0.25) is 5.91 Å². The highest BCUT2D eigenvalue weighted by molar-refractivity contribution is 9.10. The summed E-state index contributed by atoms with van der Waals surface area (Å²) in [6.07, 6.45) is 0. The molecule has 0 aliphatic carbocycles. The molecule has 1 amide bonds. The maximum Gasteiger partial charge on any atom is 0.234 e. The van der Waals surface area contributed by atoms with Gasteiger partial charge in [-0.15, -0.1) is 0 Å². The molecular weight excluding hydrogens is 316 g/mol. The lowest BCUT2D eigenvalue weighted by Gasteiger charge is -2.18. The fourth-order valence-electron chi connectivity index (χ4n) is 2.59. The molecule has 4 heteroatoms. The first kappa shape index (κ1) is 13.2. The summed E-state index contributed by atoms with van der Waals surface area (Å²) in [5, 5.41) is 0. The minimum Gasteiger partial charge on any atom is -0.398 e. The Bertz CT molecular complexity index is 670. The second kappa shape index (κ2) is 4.94. The molecular formula is C16H15BrN2O. The van der Waals surface area contributed by atoms with Gasteiger partial charge in [0.25, 0.3) is 0 Å². The molecule has 2 aromatic rings. The van der Waals surface area contributed by atoms with E-state index in [1.54, 1.807) is 0 Å². The van der Waals surface area contributed by atoms with Crippen LogP contribution in [0.4, 0.5) is 11.4 Å². The van der Waals surface area contributed by atoms with Crippen molar-refractivity contribution in [3.05, 3.63) is 58.1 Å². The van der Waals surface area contributed by atoms with E-state index in [4.69, 9.17) is 5.73 Å². The van der Waals surface area contributed by atoms with Crippen molar-refractivity contribution >= 4 is 33.2 Å². The van der Waals surface area contributed by atoms with Crippen molar-refractivity contribution in [2.75, 3.05) is 10.6 Å². The number of benzene rings is 2. The van der Waals surface area contributed by atoms with Crippen LogP contribution in [0.5, 0.6) is 0 Å². The van der Waals surface area contributed by atoms with Crippen LogP contribution in [-0.2, 0) is 11.3 Å². The highest BCUT2D eigenvalue weighted by Crippen LogP contribution is 2.41. The lowest BCUT2D eigenvalue weighted by atomic mass is 10.0. The van der Waals surface area contributed by atoms with Crippen LogP contribution >= 0.6 is 15.9 Å². The summed E-state index contributed by atoms with van der Waals surface area (Å²) in [4.78, 5) is 14.3. The lowest BCUT2D eigenvalue weighted by molar-refractivity contribution is -0.119. The summed E-state index contributed by atoms with van der Waals surface area (Å²) in [6.45, 7) is 2.52. The molecule has 1 unspecified atom stereocenters. The van der Waals surface area contributed by atoms with Crippen LogP contribution in [0.3, 0.4) is 0 Å². The highest BCUT2D eigenvalue weighted by atomic mass is 79.9. The molecule has 0 saturated heterocycles. The Balaban J connectivity index is 2.02. The maximum atomic E-state index is 12.5. The molecule has 0 bridgehead atoms. The number of halogens is 1. The van der Waals surface area contributed by atoms with Crippen molar-refractivity contribution in [3.63, 3.8) is 0 Å². The second-order valence-electron chi connectivity index (χ2n) is 5.06. The van der Waals surface area contributed by atoms with E-state index in [9.17, 15) is 4.79 Å². The molecule has 1 aliphatic rings. The summed E-state index contributed by atoms with van der Waals surface area (Å²) in [6, 6.07) is 13.8.